The van der Waals surface area contributed by atoms with E-state index < -0.39 is 0 Å². The Morgan fingerprint density at radius 2 is 2.13 bits per heavy atom. The van der Waals surface area contributed by atoms with Crippen molar-refractivity contribution in [3.05, 3.63) is 28.7 Å². The van der Waals surface area contributed by atoms with E-state index in [4.69, 9.17) is 4.52 Å². The summed E-state index contributed by atoms with van der Waals surface area (Å²) in [7, 11) is 1.91. The molecule has 2 aromatic heterocycles. The molecule has 7 nitrogen and oxygen atoms in total. The fourth-order valence-corrected chi connectivity index (χ4v) is 3.23. The van der Waals surface area contributed by atoms with E-state index in [-0.39, 0.29) is 11.8 Å². The van der Waals surface area contributed by atoms with Crippen molar-refractivity contribution >= 4 is 5.91 Å². The Morgan fingerprint density at radius 1 is 1.35 bits per heavy atom. The average molecular weight is 317 g/mol. The van der Waals surface area contributed by atoms with Gasteiger partial charge in [-0.05, 0) is 26.7 Å². The molecule has 1 atom stereocenters. The van der Waals surface area contributed by atoms with E-state index in [1.165, 1.54) is 0 Å². The van der Waals surface area contributed by atoms with Crippen molar-refractivity contribution in [2.24, 2.45) is 7.05 Å². The predicted molar refractivity (Wildman–Crippen MR) is 84.0 cm³/mol. The van der Waals surface area contributed by atoms with Gasteiger partial charge in [0.1, 0.15) is 0 Å². The second-order valence-corrected chi connectivity index (χ2v) is 6.30. The minimum atomic E-state index is 0.147. The van der Waals surface area contributed by atoms with Gasteiger partial charge in [-0.1, -0.05) is 5.16 Å². The Balaban J connectivity index is 1.70. The van der Waals surface area contributed by atoms with Crippen LogP contribution in [-0.4, -0.2) is 43.8 Å². The number of hydrogen-bond donors (Lipinski definition) is 0. The Morgan fingerprint density at radius 3 is 2.74 bits per heavy atom. The molecule has 0 aromatic carbocycles. The van der Waals surface area contributed by atoms with Crippen molar-refractivity contribution in [2.45, 2.75) is 46.0 Å². The number of carbonyl (C=O) groups is 1. The minimum Gasteiger partial charge on any atom is -0.342 e. The summed E-state index contributed by atoms with van der Waals surface area (Å²) < 4.78 is 6.90. The fraction of sp³-hybridized carbons (Fsp3) is 0.625. The van der Waals surface area contributed by atoms with Crippen molar-refractivity contribution in [2.75, 3.05) is 13.1 Å². The molecule has 1 fully saturated rings. The lowest BCUT2D eigenvalue weighted by atomic mass is 9.96. The van der Waals surface area contributed by atoms with Crippen molar-refractivity contribution in [3.63, 3.8) is 0 Å². The Hall–Kier alpha value is -2.18. The van der Waals surface area contributed by atoms with Crippen molar-refractivity contribution < 1.29 is 9.32 Å². The molecule has 1 saturated heterocycles. The van der Waals surface area contributed by atoms with Crippen LogP contribution in [-0.2, 0) is 18.3 Å². The van der Waals surface area contributed by atoms with Crippen LogP contribution >= 0.6 is 0 Å². The molecule has 2 aromatic rings. The van der Waals surface area contributed by atoms with Gasteiger partial charge in [-0.25, -0.2) is 0 Å². The second kappa shape index (κ2) is 6.14. The Labute approximate surface area is 135 Å². The SMILES string of the molecule is Cc1nc([C@H]2CCCN(C(=O)Cc3c(C)nn(C)c3C)C2)no1. The topological polar surface area (TPSA) is 77.1 Å². The highest BCUT2D eigenvalue weighted by atomic mass is 16.5. The smallest absolute Gasteiger partial charge is 0.227 e. The number of hydrogen-bond acceptors (Lipinski definition) is 5. The van der Waals surface area contributed by atoms with Gasteiger partial charge >= 0.3 is 0 Å². The first-order valence-corrected chi connectivity index (χ1v) is 8.02. The standard InChI is InChI=1S/C16H23N5O2/c1-10-14(11(2)20(4)18-10)8-15(22)21-7-5-6-13(9-21)16-17-12(3)23-19-16/h13H,5-9H2,1-4H3/t13-/m0/s1. The lowest BCUT2D eigenvalue weighted by Crippen LogP contribution is -2.40. The summed E-state index contributed by atoms with van der Waals surface area (Å²) in [6.45, 7) is 7.21. The third kappa shape index (κ3) is 3.13. The van der Waals surface area contributed by atoms with Gasteiger partial charge in [-0.15, -0.1) is 0 Å². The lowest BCUT2D eigenvalue weighted by Gasteiger charge is -2.31. The summed E-state index contributed by atoms with van der Waals surface area (Å²) in [6.07, 6.45) is 2.37. The van der Waals surface area contributed by atoms with Crippen LogP contribution in [0.1, 0.15) is 47.4 Å². The van der Waals surface area contributed by atoms with Gasteiger partial charge in [0.15, 0.2) is 5.82 Å². The van der Waals surface area contributed by atoms with Crippen LogP contribution < -0.4 is 0 Å². The summed E-state index contributed by atoms with van der Waals surface area (Å²) in [5.74, 6) is 1.61. The van der Waals surface area contributed by atoms with Crippen LogP contribution in [0, 0.1) is 20.8 Å². The monoisotopic (exact) mass is 317 g/mol. The van der Waals surface area contributed by atoms with Gasteiger partial charge in [0.2, 0.25) is 11.8 Å². The average Bonchev–Trinajstić information content (AvgIpc) is 3.06. The lowest BCUT2D eigenvalue weighted by molar-refractivity contribution is -0.131. The molecule has 0 unspecified atom stereocenters. The first kappa shape index (κ1) is 15.7. The van der Waals surface area contributed by atoms with E-state index in [2.05, 4.69) is 15.2 Å². The van der Waals surface area contributed by atoms with Crippen molar-refractivity contribution in [1.82, 2.24) is 24.8 Å². The third-order valence-electron chi connectivity index (χ3n) is 4.67. The maximum Gasteiger partial charge on any atom is 0.227 e. The zero-order valence-electron chi connectivity index (χ0n) is 14.2. The first-order valence-electron chi connectivity index (χ1n) is 8.02. The summed E-state index contributed by atoms with van der Waals surface area (Å²) in [5.41, 5.74) is 3.02. The summed E-state index contributed by atoms with van der Waals surface area (Å²) >= 11 is 0. The molecular formula is C16H23N5O2. The van der Waals surface area contributed by atoms with E-state index in [1.54, 1.807) is 6.92 Å². The van der Waals surface area contributed by atoms with Gasteiger partial charge < -0.3 is 9.42 Å². The van der Waals surface area contributed by atoms with Gasteiger partial charge in [-0.3, -0.25) is 9.48 Å². The molecule has 0 saturated carbocycles. The number of amides is 1. The molecular weight excluding hydrogens is 294 g/mol. The molecule has 1 aliphatic rings. The molecule has 1 amide bonds. The van der Waals surface area contributed by atoms with Gasteiger partial charge in [0, 0.05) is 44.2 Å². The summed E-state index contributed by atoms with van der Waals surface area (Å²) in [5, 5.41) is 8.40. The van der Waals surface area contributed by atoms with E-state index in [0.29, 0.717) is 24.7 Å². The number of rotatable bonds is 3. The Kier molecular flexibility index (Phi) is 4.19. The maximum absolute atomic E-state index is 12.7. The van der Waals surface area contributed by atoms with Crippen molar-refractivity contribution in [1.29, 1.82) is 0 Å². The van der Waals surface area contributed by atoms with Crippen LogP contribution in [0.2, 0.25) is 0 Å². The summed E-state index contributed by atoms with van der Waals surface area (Å²) in [6, 6.07) is 0. The van der Waals surface area contributed by atoms with E-state index in [0.717, 1.165) is 36.3 Å². The highest BCUT2D eigenvalue weighted by molar-refractivity contribution is 5.79. The molecule has 1 aliphatic heterocycles. The fourth-order valence-electron chi connectivity index (χ4n) is 3.23. The molecule has 0 N–H and O–H groups in total. The zero-order valence-corrected chi connectivity index (χ0v) is 14.2. The largest absolute Gasteiger partial charge is 0.342 e. The number of aryl methyl sites for hydroxylation is 3. The molecule has 7 heteroatoms. The molecule has 23 heavy (non-hydrogen) atoms. The van der Waals surface area contributed by atoms with Crippen LogP contribution in [0.4, 0.5) is 0 Å². The van der Waals surface area contributed by atoms with Crippen LogP contribution in [0.5, 0.6) is 0 Å². The normalized spacial score (nSPS) is 18.4. The van der Waals surface area contributed by atoms with Crippen LogP contribution in [0.15, 0.2) is 4.52 Å². The van der Waals surface area contributed by atoms with Gasteiger partial charge in [-0.2, -0.15) is 10.1 Å². The first-order chi connectivity index (χ1) is 11.0. The number of aromatic nitrogens is 4. The highest BCUT2D eigenvalue weighted by Gasteiger charge is 2.28. The van der Waals surface area contributed by atoms with E-state index >= 15 is 0 Å². The van der Waals surface area contributed by atoms with Crippen LogP contribution in [0.25, 0.3) is 0 Å². The van der Waals surface area contributed by atoms with Crippen molar-refractivity contribution in [3.8, 4) is 0 Å². The molecule has 3 rings (SSSR count). The predicted octanol–water partition coefficient (Wildman–Crippen LogP) is 1.68. The molecule has 3 heterocycles. The molecule has 0 spiro atoms. The van der Waals surface area contributed by atoms with Gasteiger partial charge in [0.05, 0.1) is 12.1 Å². The molecule has 124 valence electrons. The molecule has 0 aliphatic carbocycles. The molecule has 0 bridgehead atoms. The number of nitrogens with zero attached hydrogens (tertiary/aromatic N) is 5. The molecule has 0 radical (unpaired) electrons. The number of carbonyl (C=O) groups excluding carboxylic acids is 1. The number of likely N-dealkylation sites (tertiary alicyclic amines) is 1. The quantitative estimate of drug-likeness (QED) is 0.860. The van der Waals surface area contributed by atoms with E-state index in [1.807, 2.05) is 30.5 Å². The van der Waals surface area contributed by atoms with E-state index in [9.17, 15) is 4.79 Å². The van der Waals surface area contributed by atoms with Crippen LogP contribution in [0.3, 0.4) is 0 Å². The number of piperidine rings is 1. The highest BCUT2D eigenvalue weighted by Crippen LogP contribution is 2.25. The Bertz CT molecular complexity index is 718. The minimum absolute atomic E-state index is 0.147. The third-order valence-corrected chi connectivity index (χ3v) is 4.67. The maximum atomic E-state index is 12.7. The summed E-state index contributed by atoms with van der Waals surface area (Å²) in [4.78, 5) is 18.9. The van der Waals surface area contributed by atoms with Gasteiger partial charge in [0.25, 0.3) is 0 Å². The second-order valence-electron chi connectivity index (χ2n) is 6.30. The zero-order chi connectivity index (χ0) is 16.6.